The summed E-state index contributed by atoms with van der Waals surface area (Å²) in [4.78, 5) is 81.8. The van der Waals surface area contributed by atoms with Gasteiger partial charge in [-0.2, -0.15) is 5.06 Å². The zero-order valence-electron chi connectivity index (χ0n) is 39.0. The summed E-state index contributed by atoms with van der Waals surface area (Å²) in [5, 5.41) is 26.6. The van der Waals surface area contributed by atoms with Crippen LogP contribution in [-0.2, 0) is 35.3 Å². The van der Waals surface area contributed by atoms with Crippen molar-refractivity contribution < 1.29 is 43.4 Å². The van der Waals surface area contributed by atoms with Gasteiger partial charge in [0.25, 0.3) is 0 Å². The molecular weight excluding hydrogens is 795 g/mol. The summed E-state index contributed by atoms with van der Waals surface area (Å²) >= 11 is 0. The molecule has 0 bridgehead atoms. The van der Waals surface area contributed by atoms with Crippen LogP contribution in [0.4, 0.5) is 9.59 Å². The Bertz CT molecular complexity index is 1670. The lowest BCUT2D eigenvalue weighted by Crippen LogP contribution is -2.64. The number of nitrogens with one attached hydrogen (secondary N) is 5. The van der Waals surface area contributed by atoms with E-state index in [2.05, 4.69) is 26.6 Å². The van der Waals surface area contributed by atoms with Gasteiger partial charge in [0.05, 0.1) is 6.04 Å². The molecule has 6 amide bonds. The zero-order valence-corrected chi connectivity index (χ0v) is 39.0. The molecule has 4 atom stereocenters. The Hall–Kier alpha value is -4.70. The van der Waals surface area contributed by atoms with Crippen molar-refractivity contribution in [1.82, 2.24) is 36.5 Å². The van der Waals surface area contributed by atoms with E-state index in [-0.39, 0.29) is 55.8 Å². The summed E-state index contributed by atoms with van der Waals surface area (Å²) in [5.41, 5.74) is -1.07. The second kappa shape index (κ2) is 23.1. The van der Waals surface area contributed by atoms with Gasteiger partial charge in [0, 0.05) is 36.6 Å². The van der Waals surface area contributed by atoms with Crippen LogP contribution in [0.15, 0.2) is 42.5 Å². The Morgan fingerprint density at radius 1 is 0.903 bits per heavy atom. The molecule has 0 unspecified atom stereocenters. The number of ether oxygens (including phenoxy) is 2. The van der Waals surface area contributed by atoms with Crippen LogP contribution in [-0.4, -0.2) is 111 Å². The molecule has 0 saturated carbocycles. The average molecular weight is 870 g/mol. The van der Waals surface area contributed by atoms with Crippen LogP contribution < -0.4 is 26.6 Å². The molecule has 2 saturated heterocycles. The van der Waals surface area contributed by atoms with Gasteiger partial charge < -0.3 is 46.2 Å². The second-order valence-electron chi connectivity index (χ2n) is 19.7. The molecule has 0 spiro atoms. The van der Waals surface area contributed by atoms with E-state index in [9.17, 15) is 34.0 Å². The molecule has 0 aliphatic carbocycles. The number of carbonyl (C=O) groups excluding carboxylic acids is 6. The van der Waals surface area contributed by atoms with E-state index in [4.69, 9.17) is 9.47 Å². The number of hydroxylamine groups is 2. The van der Waals surface area contributed by atoms with Gasteiger partial charge in [-0.15, -0.1) is 0 Å². The number of rotatable bonds is 19. The topological polar surface area (TPSA) is 208 Å². The summed E-state index contributed by atoms with van der Waals surface area (Å²) in [6.07, 6.45) is 5.45. The van der Waals surface area contributed by atoms with Gasteiger partial charge in [-0.3, -0.25) is 19.2 Å². The van der Waals surface area contributed by atoms with Crippen LogP contribution >= 0.6 is 0 Å². The van der Waals surface area contributed by atoms with Crippen molar-refractivity contribution in [1.29, 1.82) is 0 Å². The molecule has 2 heterocycles. The number of piperidine rings is 1. The van der Waals surface area contributed by atoms with Crippen molar-refractivity contribution in [2.24, 2.45) is 11.8 Å². The maximum atomic E-state index is 14.0. The van der Waals surface area contributed by atoms with Crippen LogP contribution in [0.5, 0.6) is 0 Å². The normalized spacial score (nSPS) is 19.4. The van der Waals surface area contributed by atoms with Gasteiger partial charge in [-0.25, -0.2) is 9.59 Å². The Morgan fingerprint density at radius 2 is 1.55 bits per heavy atom. The summed E-state index contributed by atoms with van der Waals surface area (Å²) in [5.74, 6) is -1.79. The number of hydrogen-bond acceptors (Lipinski definition) is 10. The van der Waals surface area contributed by atoms with Crippen LogP contribution in [0.2, 0.25) is 0 Å². The van der Waals surface area contributed by atoms with E-state index < -0.39 is 64.7 Å². The van der Waals surface area contributed by atoms with E-state index in [0.717, 1.165) is 5.56 Å². The van der Waals surface area contributed by atoms with Crippen LogP contribution in [0.3, 0.4) is 0 Å². The third-order valence-corrected chi connectivity index (χ3v) is 11.0. The highest BCUT2D eigenvalue weighted by Crippen LogP contribution is 2.36. The van der Waals surface area contributed by atoms with Crippen molar-refractivity contribution in [2.75, 3.05) is 13.1 Å². The highest BCUT2D eigenvalue weighted by molar-refractivity contribution is 5.94. The van der Waals surface area contributed by atoms with Gasteiger partial charge in [0.15, 0.2) is 0 Å². The number of amides is 6. The minimum absolute atomic E-state index is 0.0184. The van der Waals surface area contributed by atoms with Gasteiger partial charge >= 0.3 is 12.2 Å². The number of hydrogen-bond donors (Lipinski definition) is 6. The van der Waals surface area contributed by atoms with Gasteiger partial charge in [0.2, 0.25) is 23.6 Å². The number of benzene rings is 1. The summed E-state index contributed by atoms with van der Waals surface area (Å²) < 4.78 is 10.7. The molecule has 348 valence electrons. The lowest BCUT2D eigenvalue weighted by molar-refractivity contribution is -0.246. The van der Waals surface area contributed by atoms with E-state index in [0.29, 0.717) is 45.1 Å². The van der Waals surface area contributed by atoms with Crippen LogP contribution in [0.25, 0.3) is 0 Å². The van der Waals surface area contributed by atoms with Crippen LogP contribution in [0, 0.1) is 11.8 Å². The molecule has 1 aromatic carbocycles. The molecule has 2 aliphatic heterocycles. The maximum Gasteiger partial charge on any atom is 0.408 e. The summed E-state index contributed by atoms with van der Waals surface area (Å²) in [6, 6.07) is 5.80. The first-order chi connectivity index (χ1) is 28.9. The molecule has 3 rings (SSSR count). The van der Waals surface area contributed by atoms with Crippen molar-refractivity contribution in [2.45, 2.75) is 181 Å². The van der Waals surface area contributed by atoms with Gasteiger partial charge in [-0.1, -0.05) is 70.2 Å². The Balaban J connectivity index is 1.68. The molecule has 62 heavy (non-hydrogen) atoms. The summed E-state index contributed by atoms with van der Waals surface area (Å²) in [7, 11) is 0. The number of likely N-dealkylation sites (tertiary alicyclic amines) is 1. The zero-order chi connectivity index (χ0) is 46.4. The third kappa shape index (κ3) is 16.9. The molecule has 0 aromatic heterocycles. The highest BCUT2D eigenvalue weighted by atomic mass is 16.6. The molecule has 1 aromatic rings. The molecule has 0 radical (unpaired) electrons. The Morgan fingerprint density at radius 3 is 2.15 bits per heavy atom. The fourth-order valence-corrected chi connectivity index (χ4v) is 8.20. The smallest absolute Gasteiger partial charge is 0.408 e. The Kier molecular flexibility index (Phi) is 19.3. The predicted octanol–water partition coefficient (Wildman–Crippen LogP) is 5.72. The van der Waals surface area contributed by atoms with Crippen LogP contribution in [0.1, 0.15) is 133 Å². The van der Waals surface area contributed by atoms with Gasteiger partial charge in [0.1, 0.15) is 30.3 Å². The fourth-order valence-electron chi connectivity index (χ4n) is 8.20. The second-order valence-corrected chi connectivity index (χ2v) is 19.7. The number of carbonyl (C=O) groups is 6. The largest absolute Gasteiger partial charge is 0.445 e. The number of nitrogens with zero attached hydrogens (tertiary/aromatic N) is 2. The first-order valence-electron chi connectivity index (χ1n) is 22.2. The van der Waals surface area contributed by atoms with Crippen molar-refractivity contribution in [3.05, 3.63) is 48.0 Å². The molecular formula is C46H75N7O9. The van der Waals surface area contributed by atoms with Gasteiger partial charge in [-0.05, 0) is 111 Å². The monoisotopic (exact) mass is 870 g/mol. The molecule has 2 aliphatic rings. The van der Waals surface area contributed by atoms with Crippen molar-refractivity contribution in [3.63, 3.8) is 0 Å². The first kappa shape index (κ1) is 51.6. The molecule has 2 fully saturated rings. The standard InChI is InChI=1S/C46H75N7O9/c1-30(2)26-33(49-43(59)62-44(5,6)7)20-15-23-37(54)52-25-17-22-36(52)40(56)51-38(31(3)4)41(57)50-35(21-16-24-47-42(58)61-29-32-18-13-12-14-19-32)39(55)48-34-27-45(8,9)53(60)46(10,11)28-34/h12-15,18-20,30-31,33-36,38,60H,16-17,21-29H2,1-11H3,(H,47,58)(H,48,55)(H,49,59)(H,50,57)(H,51,56)/b20-15+/t33-,35+,36+,38+/m1/s1. The van der Waals surface area contributed by atoms with Crippen molar-refractivity contribution >= 4 is 35.8 Å². The lowest BCUT2D eigenvalue weighted by Gasteiger charge is -2.51. The Labute approximate surface area is 369 Å². The third-order valence-electron chi connectivity index (χ3n) is 11.0. The maximum absolute atomic E-state index is 14.0. The minimum atomic E-state index is -1.02. The lowest BCUT2D eigenvalue weighted by atomic mass is 9.79. The molecule has 16 nitrogen and oxygen atoms in total. The number of alkyl carbamates (subject to hydrolysis) is 2. The van der Waals surface area contributed by atoms with E-state index in [1.807, 2.05) is 71.9 Å². The summed E-state index contributed by atoms with van der Waals surface area (Å²) in [6.45, 7) is 21.3. The fraction of sp³-hybridized carbons (Fsp3) is 0.696. The quantitative estimate of drug-likeness (QED) is 0.0736. The first-order valence-corrected chi connectivity index (χ1v) is 22.2. The van der Waals surface area contributed by atoms with Crippen molar-refractivity contribution in [3.8, 4) is 0 Å². The average Bonchev–Trinajstić information content (AvgIpc) is 3.66. The predicted molar refractivity (Wildman–Crippen MR) is 237 cm³/mol. The molecule has 16 heteroatoms. The van der Waals surface area contributed by atoms with E-state index >= 15 is 0 Å². The van der Waals surface area contributed by atoms with E-state index in [1.54, 1.807) is 46.8 Å². The SMILES string of the molecule is CC(C)C[C@@H](/C=C/CC(=O)N1CCC[C@H]1C(=O)N[C@H](C(=O)N[C@@H](CCCNC(=O)OCc1ccccc1)C(=O)NC1CC(C)(C)N(O)C(C)(C)C1)C(C)C)NC(=O)OC(C)(C)C. The molecule has 6 N–H and O–H groups in total. The van der Waals surface area contributed by atoms with E-state index in [1.165, 1.54) is 9.96 Å². The highest BCUT2D eigenvalue weighted by Gasteiger charge is 2.46. The minimum Gasteiger partial charge on any atom is -0.445 e.